The summed E-state index contributed by atoms with van der Waals surface area (Å²) in [6.45, 7) is 3.99. The largest absolute Gasteiger partial charge is 0.344 e. The van der Waals surface area contributed by atoms with Crippen molar-refractivity contribution in [1.29, 1.82) is 0 Å². The first-order valence-electron chi connectivity index (χ1n) is 7.06. The van der Waals surface area contributed by atoms with Crippen molar-refractivity contribution in [2.75, 3.05) is 5.33 Å². The van der Waals surface area contributed by atoms with E-state index in [0.29, 0.717) is 5.92 Å². The van der Waals surface area contributed by atoms with Crippen LogP contribution in [0.2, 0.25) is 0 Å². The first-order chi connectivity index (χ1) is 9.12. The molecule has 0 amide bonds. The molecule has 2 nitrogen and oxygen atoms in total. The lowest BCUT2D eigenvalue weighted by Gasteiger charge is -2.23. The van der Waals surface area contributed by atoms with E-state index in [-0.39, 0.29) is 12.2 Å². The lowest BCUT2D eigenvalue weighted by Crippen LogP contribution is -2.29. The maximum Gasteiger partial charge on any atom is 0.164 e. The Morgan fingerprint density at radius 1 is 1.00 bits per heavy atom. The van der Waals surface area contributed by atoms with Gasteiger partial charge in [0.1, 0.15) is 6.10 Å². The normalized spacial score (nSPS) is 37.7. The molecule has 1 aliphatic carbocycles. The van der Waals surface area contributed by atoms with E-state index in [2.05, 4.69) is 40.2 Å². The molecule has 0 aromatic rings. The molecule has 1 saturated heterocycles. The average Bonchev–Trinajstić information content (AvgIpc) is 2.69. The van der Waals surface area contributed by atoms with Crippen LogP contribution in [0.4, 0.5) is 0 Å². The number of allylic oxidation sites excluding steroid dienone is 4. The van der Waals surface area contributed by atoms with Gasteiger partial charge in [-0.25, -0.2) is 0 Å². The third-order valence-electron chi connectivity index (χ3n) is 3.50. The summed E-state index contributed by atoms with van der Waals surface area (Å²) in [6, 6.07) is 0. The second-order valence-corrected chi connectivity index (χ2v) is 6.36. The van der Waals surface area contributed by atoms with Gasteiger partial charge >= 0.3 is 0 Å². The van der Waals surface area contributed by atoms with E-state index < -0.39 is 5.79 Å². The van der Waals surface area contributed by atoms with E-state index in [4.69, 9.17) is 9.47 Å². The van der Waals surface area contributed by atoms with Crippen molar-refractivity contribution in [2.45, 2.75) is 51.1 Å². The number of ether oxygens (including phenoxy) is 2. The maximum absolute atomic E-state index is 6.12. The molecule has 1 fully saturated rings. The van der Waals surface area contributed by atoms with Crippen LogP contribution in [0, 0.1) is 5.92 Å². The number of hydrogen-bond acceptors (Lipinski definition) is 2. The highest BCUT2D eigenvalue weighted by Gasteiger charge is 2.42. The van der Waals surface area contributed by atoms with Crippen LogP contribution in [0.15, 0.2) is 36.5 Å². The number of halogens is 1. The molecule has 3 atom stereocenters. The zero-order chi connectivity index (χ0) is 13.7. The quantitative estimate of drug-likeness (QED) is 0.564. The highest BCUT2D eigenvalue weighted by Crippen LogP contribution is 2.35. The van der Waals surface area contributed by atoms with Crippen LogP contribution in [-0.2, 0) is 9.47 Å². The number of rotatable bonds is 4. The lowest BCUT2D eigenvalue weighted by atomic mass is 9.92. The first-order valence-corrected chi connectivity index (χ1v) is 8.18. The van der Waals surface area contributed by atoms with Crippen molar-refractivity contribution in [3.05, 3.63) is 36.5 Å². The van der Waals surface area contributed by atoms with Gasteiger partial charge in [-0.05, 0) is 26.7 Å². The number of hydrogen-bond donors (Lipinski definition) is 0. The molecule has 0 aromatic heterocycles. The highest BCUT2D eigenvalue weighted by atomic mass is 79.9. The molecule has 1 heterocycles. The number of alkyl halides is 1. The topological polar surface area (TPSA) is 18.5 Å². The van der Waals surface area contributed by atoms with Gasteiger partial charge in [-0.3, -0.25) is 0 Å². The summed E-state index contributed by atoms with van der Waals surface area (Å²) in [4.78, 5) is 0. The molecule has 3 heteroatoms. The minimum atomic E-state index is -0.482. The number of fused-ring (bicyclic) bond motifs is 1. The highest BCUT2D eigenvalue weighted by molar-refractivity contribution is 9.09. The van der Waals surface area contributed by atoms with Crippen molar-refractivity contribution in [3.63, 3.8) is 0 Å². The zero-order valence-electron chi connectivity index (χ0n) is 11.7. The third-order valence-corrected chi connectivity index (χ3v) is 4.06. The fraction of sp³-hybridized carbons (Fsp3) is 0.625. The Morgan fingerprint density at radius 2 is 1.74 bits per heavy atom. The molecule has 106 valence electrons. The van der Waals surface area contributed by atoms with E-state index >= 15 is 0 Å². The third kappa shape index (κ3) is 4.30. The maximum atomic E-state index is 6.12. The fourth-order valence-electron chi connectivity index (χ4n) is 2.65. The molecule has 2 aliphatic rings. The van der Waals surface area contributed by atoms with Crippen molar-refractivity contribution < 1.29 is 9.47 Å². The Hall–Kier alpha value is -0.380. The summed E-state index contributed by atoms with van der Waals surface area (Å²) in [6.07, 6.45) is 16.4. The van der Waals surface area contributed by atoms with Gasteiger partial charge in [-0.15, -0.1) is 0 Å². The summed E-state index contributed by atoms with van der Waals surface area (Å²) in [7, 11) is 0. The monoisotopic (exact) mass is 326 g/mol. The molecule has 0 aromatic carbocycles. The average molecular weight is 327 g/mol. The van der Waals surface area contributed by atoms with Crippen molar-refractivity contribution in [1.82, 2.24) is 0 Å². The Kier molecular flexibility index (Phi) is 5.43. The van der Waals surface area contributed by atoms with Crippen molar-refractivity contribution >= 4 is 15.9 Å². The van der Waals surface area contributed by atoms with Crippen LogP contribution in [0.1, 0.15) is 33.1 Å². The predicted molar refractivity (Wildman–Crippen MR) is 82.4 cm³/mol. The molecule has 19 heavy (non-hydrogen) atoms. The van der Waals surface area contributed by atoms with Gasteiger partial charge in [-0.2, -0.15) is 0 Å². The van der Waals surface area contributed by atoms with Crippen LogP contribution in [0.5, 0.6) is 0 Å². The van der Waals surface area contributed by atoms with Crippen LogP contribution in [0.25, 0.3) is 0 Å². The van der Waals surface area contributed by atoms with Gasteiger partial charge in [0.2, 0.25) is 0 Å². The molecule has 0 N–H and O–H groups in total. The second kappa shape index (κ2) is 6.87. The Bertz CT molecular complexity index is 371. The smallest absolute Gasteiger partial charge is 0.164 e. The molecule has 0 radical (unpaired) electrons. The van der Waals surface area contributed by atoms with Gasteiger partial charge < -0.3 is 9.47 Å². The second-order valence-electron chi connectivity index (χ2n) is 5.57. The van der Waals surface area contributed by atoms with E-state index in [9.17, 15) is 0 Å². The van der Waals surface area contributed by atoms with E-state index in [1.54, 1.807) is 0 Å². The summed E-state index contributed by atoms with van der Waals surface area (Å²) in [5, 5.41) is 1.07. The molecule has 0 saturated carbocycles. The van der Waals surface area contributed by atoms with E-state index in [1.165, 1.54) is 12.8 Å². The minimum absolute atomic E-state index is 0.0522. The zero-order valence-corrected chi connectivity index (χ0v) is 13.3. The van der Waals surface area contributed by atoms with Gasteiger partial charge in [0.05, 0.1) is 6.10 Å². The predicted octanol–water partition coefficient (Wildman–Crippen LogP) is 4.37. The summed E-state index contributed by atoms with van der Waals surface area (Å²) < 4.78 is 12.1. The molecule has 3 unspecified atom stereocenters. The molecular formula is C16H23BrO2. The van der Waals surface area contributed by atoms with Crippen LogP contribution in [-0.4, -0.2) is 23.3 Å². The molecular weight excluding hydrogens is 304 g/mol. The number of unbranched alkanes of at least 4 members (excludes halogenated alkanes) is 1. The fourth-order valence-corrected chi connectivity index (χ4v) is 3.05. The lowest BCUT2D eigenvalue weighted by molar-refractivity contribution is -0.146. The van der Waals surface area contributed by atoms with Crippen LogP contribution >= 0.6 is 15.9 Å². The molecule has 2 rings (SSSR count). The van der Waals surface area contributed by atoms with Crippen molar-refractivity contribution in [2.24, 2.45) is 5.92 Å². The standard InChI is InChI=1S/C16H23BrO2/c1-16(2)18-14-11-6-4-3-5-9-13(15(14)19-16)10-7-8-12-17/h3-6,9,11,13-15H,7-8,10,12H2,1-2H3/b4-3-,9-5+,11-6+. The van der Waals surface area contributed by atoms with Gasteiger partial charge in [0.15, 0.2) is 5.79 Å². The summed E-state index contributed by atoms with van der Waals surface area (Å²) in [5.74, 6) is -0.0670. The van der Waals surface area contributed by atoms with Gasteiger partial charge in [0, 0.05) is 11.2 Å². The van der Waals surface area contributed by atoms with E-state index in [1.807, 2.05) is 26.0 Å². The summed E-state index contributed by atoms with van der Waals surface area (Å²) in [5.41, 5.74) is 0. The van der Waals surface area contributed by atoms with Crippen LogP contribution < -0.4 is 0 Å². The van der Waals surface area contributed by atoms with Crippen molar-refractivity contribution in [3.8, 4) is 0 Å². The summed E-state index contributed by atoms with van der Waals surface area (Å²) >= 11 is 3.49. The molecule has 0 bridgehead atoms. The van der Waals surface area contributed by atoms with Crippen LogP contribution in [0.3, 0.4) is 0 Å². The van der Waals surface area contributed by atoms with Gasteiger partial charge in [-0.1, -0.05) is 58.8 Å². The SMILES string of the molecule is CC1(C)OC2/C=C/C=C\C=C\C(CCCCBr)C2O1. The Balaban J connectivity index is 2.11. The first kappa shape index (κ1) is 15.0. The van der Waals surface area contributed by atoms with E-state index in [0.717, 1.165) is 11.8 Å². The minimum Gasteiger partial charge on any atom is -0.344 e. The Labute approximate surface area is 124 Å². The molecule has 0 spiro atoms. The Morgan fingerprint density at radius 3 is 2.47 bits per heavy atom. The van der Waals surface area contributed by atoms with Gasteiger partial charge in [0.25, 0.3) is 0 Å². The molecule has 1 aliphatic heterocycles.